The van der Waals surface area contributed by atoms with Crippen LogP contribution < -0.4 is 29.6 Å². The first-order valence-corrected chi connectivity index (χ1v) is 21.1. The van der Waals surface area contributed by atoms with Gasteiger partial charge < -0.3 is 34.5 Å². The van der Waals surface area contributed by atoms with Crippen LogP contribution in [0.5, 0.6) is 17.4 Å². The normalized spacial score (nSPS) is 30.1. The van der Waals surface area contributed by atoms with Crippen LogP contribution >= 0.6 is 0 Å². The van der Waals surface area contributed by atoms with E-state index in [0.717, 1.165) is 11.8 Å². The number of hydrogen-bond donors (Lipinski definition) is 3. The highest BCUT2D eigenvalue weighted by Crippen LogP contribution is 2.48. The fraction of sp³-hybridized carbons (Fsp3) is 0.625. The molecule has 7 rings (SSSR count). The summed E-state index contributed by atoms with van der Waals surface area (Å²) in [5.41, 5.74) is -2.36. The molecule has 0 spiro atoms. The molecule has 7 atom stereocenters. The van der Waals surface area contributed by atoms with Crippen LogP contribution in [0.3, 0.4) is 0 Å². The number of nitrogens with one attached hydrogen (secondary N) is 3. The van der Waals surface area contributed by atoms with Gasteiger partial charge in [0.15, 0.2) is 11.5 Å². The molecule has 4 heterocycles. The van der Waals surface area contributed by atoms with Crippen molar-refractivity contribution in [3.05, 3.63) is 36.5 Å². The summed E-state index contributed by atoms with van der Waals surface area (Å²) < 4.78 is 51.4. The molecule has 0 bridgehead atoms. The summed E-state index contributed by atoms with van der Waals surface area (Å²) in [5.74, 6) is -1.15. The summed E-state index contributed by atoms with van der Waals surface area (Å²) in [6.07, 6.45) is 7.04. The highest BCUT2D eigenvalue weighted by molar-refractivity contribution is 7.91. The summed E-state index contributed by atoms with van der Waals surface area (Å²) >= 11 is 0. The highest BCUT2D eigenvalue weighted by Gasteiger charge is 2.63. The second kappa shape index (κ2) is 14.7. The molecule has 1 aromatic heterocycles. The third kappa shape index (κ3) is 7.98. The lowest BCUT2D eigenvalue weighted by Crippen LogP contribution is -2.59. The van der Waals surface area contributed by atoms with E-state index >= 15 is 0 Å². The standard InChI is InChI=1S/C40H53N5O10S/c1-23-9-7-8-10-25-21-40(25,36(48)44-56(50,51)39(6)14-15-39)43-33(46)29-20-26(22-45(29)35(47)31(24(2)19-23)42-37(49)55-38(3,4)5)54-34-28-11-12-30-32(53-18-17-52-30)27(28)13-16-41-34/h8,10-13,16,23-26,29,31H,7,9,14-15,17-22H2,1-6H3,(H,42,49)(H,43,46)(H,44,48). The fourth-order valence-electron chi connectivity index (χ4n) is 8.02. The molecule has 4 amide bonds. The summed E-state index contributed by atoms with van der Waals surface area (Å²) in [6, 6.07) is 3.20. The summed E-state index contributed by atoms with van der Waals surface area (Å²) in [7, 11) is -4.00. The average molecular weight is 796 g/mol. The molecule has 2 saturated carbocycles. The highest BCUT2D eigenvalue weighted by atomic mass is 32.2. The summed E-state index contributed by atoms with van der Waals surface area (Å²) in [6.45, 7) is 11.5. The Morgan fingerprint density at radius 3 is 2.54 bits per heavy atom. The van der Waals surface area contributed by atoms with Gasteiger partial charge in [-0.1, -0.05) is 26.0 Å². The van der Waals surface area contributed by atoms with E-state index < -0.39 is 73.8 Å². The van der Waals surface area contributed by atoms with E-state index in [4.69, 9.17) is 18.9 Å². The number of nitrogens with zero attached hydrogens (tertiary/aromatic N) is 2. The van der Waals surface area contributed by atoms with Crippen molar-refractivity contribution in [2.75, 3.05) is 19.8 Å². The molecule has 304 valence electrons. The molecule has 7 unspecified atom stereocenters. The zero-order valence-corrected chi connectivity index (χ0v) is 33.7. The first-order chi connectivity index (χ1) is 26.4. The van der Waals surface area contributed by atoms with Crippen LogP contribution in [-0.2, 0) is 29.1 Å². The molecule has 1 saturated heterocycles. The number of ether oxygens (including phenoxy) is 4. The predicted molar refractivity (Wildman–Crippen MR) is 205 cm³/mol. The first kappa shape index (κ1) is 39.6. The first-order valence-electron chi connectivity index (χ1n) is 19.6. The zero-order valence-electron chi connectivity index (χ0n) is 32.9. The number of allylic oxidation sites excluding steroid dienone is 1. The lowest BCUT2D eigenvalue weighted by Gasteiger charge is -2.33. The maximum atomic E-state index is 14.8. The molecule has 15 nitrogen and oxygen atoms in total. The van der Waals surface area contributed by atoms with Gasteiger partial charge in [-0.05, 0) is 96.3 Å². The number of aromatic nitrogens is 1. The van der Waals surface area contributed by atoms with Gasteiger partial charge in [0.1, 0.15) is 42.5 Å². The summed E-state index contributed by atoms with van der Waals surface area (Å²) in [5, 5.41) is 7.10. The van der Waals surface area contributed by atoms with Crippen molar-refractivity contribution in [1.29, 1.82) is 0 Å². The average Bonchev–Trinajstić information content (AvgIpc) is 4.01. The Hall–Kier alpha value is -4.60. The zero-order chi connectivity index (χ0) is 40.2. The molecular formula is C40H53N5O10S. The van der Waals surface area contributed by atoms with Gasteiger partial charge in [0.2, 0.25) is 27.7 Å². The van der Waals surface area contributed by atoms with Crippen LogP contribution in [0, 0.1) is 17.8 Å². The largest absolute Gasteiger partial charge is 0.486 e. The minimum Gasteiger partial charge on any atom is -0.486 e. The van der Waals surface area contributed by atoms with E-state index in [-0.39, 0.29) is 37.1 Å². The second-order valence-electron chi connectivity index (χ2n) is 17.4. The second-order valence-corrected chi connectivity index (χ2v) is 19.6. The maximum absolute atomic E-state index is 14.8. The SMILES string of the molecule is CC1CCC=CC2CC2(C(=O)NS(=O)(=O)C2(C)CC2)NC(=O)C2CC(Oc3nccc4c5c(ccc34)OCCO5)CN2C(=O)C(NC(=O)OC(C)(C)C)C(C)C1. The molecule has 3 N–H and O–H groups in total. The van der Waals surface area contributed by atoms with E-state index in [2.05, 4.69) is 27.3 Å². The molecular weight excluding hydrogens is 743 g/mol. The number of sulfonamides is 1. The van der Waals surface area contributed by atoms with Gasteiger partial charge in [0, 0.05) is 29.3 Å². The molecule has 5 aliphatic rings. The molecule has 3 fully saturated rings. The van der Waals surface area contributed by atoms with Crippen LogP contribution in [-0.4, -0.2) is 95.9 Å². The van der Waals surface area contributed by atoms with E-state index in [1.807, 2.05) is 25.1 Å². The summed E-state index contributed by atoms with van der Waals surface area (Å²) in [4.78, 5) is 62.4. The third-order valence-corrected chi connectivity index (χ3v) is 13.8. The Kier molecular flexibility index (Phi) is 10.4. The molecule has 56 heavy (non-hydrogen) atoms. The number of hydrogen-bond acceptors (Lipinski definition) is 11. The van der Waals surface area contributed by atoms with Crippen molar-refractivity contribution >= 4 is 44.6 Å². The van der Waals surface area contributed by atoms with Crippen LogP contribution in [0.15, 0.2) is 36.5 Å². The molecule has 3 aliphatic heterocycles. The Morgan fingerprint density at radius 2 is 1.80 bits per heavy atom. The van der Waals surface area contributed by atoms with Crippen molar-refractivity contribution < 1.29 is 46.5 Å². The smallest absolute Gasteiger partial charge is 0.408 e. The molecule has 2 aromatic rings. The number of carbonyl (C=O) groups excluding carboxylic acids is 4. The number of benzene rings is 1. The van der Waals surface area contributed by atoms with E-state index in [0.29, 0.717) is 55.8 Å². The van der Waals surface area contributed by atoms with Crippen LogP contribution in [0.4, 0.5) is 4.79 Å². The number of amides is 4. The van der Waals surface area contributed by atoms with Crippen molar-refractivity contribution in [1.82, 2.24) is 25.2 Å². The van der Waals surface area contributed by atoms with Crippen molar-refractivity contribution in [3.8, 4) is 17.4 Å². The van der Waals surface area contributed by atoms with Gasteiger partial charge in [-0.25, -0.2) is 18.2 Å². The van der Waals surface area contributed by atoms with Gasteiger partial charge in [0.05, 0.1) is 11.3 Å². The Balaban J connectivity index is 1.22. The Bertz CT molecular complexity index is 2050. The van der Waals surface area contributed by atoms with E-state index in [1.54, 1.807) is 46.0 Å². The van der Waals surface area contributed by atoms with Gasteiger partial charge in [-0.2, -0.15) is 0 Å². The van der Waals surface area contributed by atoms with Gasteiger partial charge in [-0.15, -0.1) is 0 Å². The Morgan fingerprint density at radius 1 is 1.05 bits per heavy atom. The Labute approximate surface area is 327 Å². The topological polar surface area (TPSA) is 192 Å². The minimum atomic E-state index is -4.00. The number of fused-ring (bicyclic) bond motifs is 5. The monoisotopic (exact) mass is 795 g/mol. The van der Waals surface area contributed by atoms with Crippen LogP contribution in [0.2, 0.25) is 0 Å². The number of carbonyl (C=O) groups is 4. The quantitative estimate of drug-likeness (QED) is 0.357. The lowest BCUT2D eigenvalue weighted by atomic mass is 9.88. The molecule has 2 aliphatic carbocycles. The number of alkyl carbamates (subject to hydrolysis) is 1. The van der Waals surface area contributed by atoms with Crippen LogP contribution in [0.1, 0.15) is 86.5 Å². The van der Waals surface area contributed by atoms with E-state index in [1.165, 1.54) is 4.90 Å². The van der Waals surface area contributed by atoms with Crippen molar-refractivity contribution in [3.63, 3.8) is 0 Å². The predicted octanol–water partition coefficient (Wildman–Crippen LogP) is 4.13. The van der Waals surface area contributed by atoms with Gasteiger partial charge >= 0.3 is 6.09 Å². The number of rotatable bonds is 6. The van der Waals surface area contributed by atoms with Gasteiger partial charge in [0.25, 0.3) is 5.91 Å². The maximum Gasteiger partial charge on any atom is 0.408 e. The third-order valence-electron chi connectivity index (χ3n) is 11.6. The minimum absolute atomic E-state index is 0.0265. The van der Waals surface area contributed by atoms with Crippen molar-refractivity contribution in [2.24, 2.45) is 17.8 Å². The molecule has 16 heteroatoms. The van der Waals surface area contributed by atoms with Crippen molar-refractivity contribution in [2.45, 2.75) is 121 Å². The van der Waals surface area contributed by atoms with E-state index in [9.17, 15) is 27.6 Å². The van der Waals surface area contributed by atoms with Gasteiger partial charge in [-0.3, -0.25) is 19.1 Å². The lowest BCUT2D eigenvalue weighted by molar-refractivity contribution is -0.142. The van der Waals surface area contributed by atoms with Crippen LogP contribution in [0.25, 0.3) is 10.8 Å². The molecule has 0 radical (unpaired) electrons. The number of pyridine rings is 1. The molecule has 1 aromatic carbocycles. The fourth-order valence-corrected chi connectivity index (χ4v) is 9.33.